The Balaban J connectivity index is 1.47. The molecule has 0 saturated carbocycles. The van der Waals surface area contributed by atoms with Gasteiger partial charge in [-0.3, -0.25) is 4.79 Å². The maximum atomic E-state index is 10.8. The molecule has 5 nitrogen and oxygen atoms in total. The number of hydrogen-bond acceptors (Lipinski definition) is 4. The van der Waals surface area contributed by atoms with Crippen LogP contribution in [0.2, 0.25) is 0 Å². The molecule has 3 aromatic rings. The molecule has 3 rings (SSSR count). The van der Waals surface area contributed by atoms with Gasteiger partial charge in [-0.05, 0) is 41.3 Å². The van der Waals surface area contributed by atoms with Gasteiger partial charge in [-0.1, -0.05) is 71.9 Å². The number of carboxylic acid groups (broad SMARTS) is 1. The monoisotopic (exact) mass is 389 g/mol. The van der Waals surface area contributed by atoms with Crippen molar-refractivity contribution in [2.24, 2.45) is 5.16 Å². The summed E-state index contributed by atoms with van der Waals surface area (Å²) in [4.78, 5) is 16.1. The number of oxime groups is 1. The Hall–Kier alpha value is -3.60. The summed E-state index contributed by atoms with van der Waals surface area (Å²) < 4.78 is 5.59. The van der Waals surface area contributed by atoms with E-state index in [-0.39, 0.29) is 6.42 Å². The average Bonchev–Trinajstić information content (AvgIpc) is 2.74. The van der Waals surface area contributed by atoms with E-state index in [1.165, 1.54) is 5.56 Å². The Morgan fingerprint density at radius 2 is 1.62 bits per heavy atom. The number of nitrogens with zero attached hydrogens (tertiary/aromatic N) is 1. The first kappa shape index (κ1) is 20.1. The average molecular weight is 389 g/mol. The van der Waals surface area contributed by atoms with Gasteiger partial charge >= 0.3 is 5.97 Å². The van der Waals surface area contributed by atoms with Crippen LogP contribution in [0.25, 0.3) is 11.1 Å². The lowest BCUT2D eigenvalue weighted by Gasteiger charge is -2.07. The molecule has 0 atom stereocenters. The summed E-state index contributed by atoms with van der Waals surface area (Å²) in [6.07, 6.45) is -0.0275. The second-order valence-corrected chi connectivity index (χ2v) is 6.52. The number of rotatable bonds is 9. The predicted molar refractivity (Wildman–Crippen MR) is 113 cm³/mol. The zero-order chi connectivity index (χ0) is 20.5. The summed E-state index contributed by atoms with van der Waals surface area (Å²) in [6, 6.07) is 25.4. The largest absolute Gasteiger partial charge is 0.490 e. The molecule has 0 aliphatic carbocycles. The third kappa shape index (κ3) is 6.21. The van der Waals surface area contributed by atoms with Gasteiger partial charge in [-0.25, -0.2) is 0 Å². The van der Waals surface area contributed by atoms with Crippen LogP contribution in [-0.2, 0) is 16.1 Å². The lowest BCUT2D eigenvalue weighted by molar-refractivity contribution is -0.136. The van der Waals surface area contributed by atoms with Crippen LogP contribution in [-0.4, -0.2) is 30.0 Å². The lowest BCUT2D eigenvalue weighted by Crippen LogP contribution is -2.06. The van der Waals surface area contributed by atoms with Crippen molar-refractivity contribution in [1.82, 2.24) is 0 Å². The molecule has 0 aliphatic heterocycles. The first-order valence-electron chi connectivity index (χ1n) is 9.38. The van der Waals surface area contributed by atoms with E-state index < -0.39 is 5.97 Å². The van der Waals surface area contributed by atoms with Gasteiger partial charge in [0.25, 0.3) is 0 Å². The van der Waals surface area contributed by atoms with E-state index in [9.17, 15) is 4.79 Å². The van der Waals surface area contributed by atoms with Crippen LogP contribution in [0.1, 0.15) is 18.1 Å². The number of carbonyl (C=O) groups is 1. The fourth-order valence-corrected chi connectivity index (χ4v) is 2.85. The highest BCUT2D eigenvalue weighted by Gasteiger charge is 2.03. The molecule has 0 saturated heterocycles. The van der Waals surface area contributed by atoms with E-state index in [0.717, 1.165) is 16.8 Å². The molecule has 0 spiro atoms. The molecule has 29 heavy (non-hydrogen) atoms. The standard InChI is InChI=1S/C24H23NO4/c1-18(20-10-12-22(13-11-20)21-7-3-2-4-8-21)25-29-15-14-28-23-9-5-6-19(16-23)17-24(26)27/h2-13,16H,14-15,17H2,1H3,(H,26,27)/b25-18+. The zero-order valence-electron chi connectivity index (χ0n) is 16.2. The highest BCUT2D eigenvalue weighted by Crippen LogP contribution is 2.19. The highest BCUT2D eigenvalue weighted by atomic mass is 16.6. The molecule has 0 heterocycles. The van der Waals surface area contributed by atoms with Crippen molar-refractivity contribution in [2.75, 3.05) is 13.2 Å². The lowest BCUT2D eigenvalue weighted by atomic mass is 10.0. The minimum Gasteiger partial charge on any atom is -0.490 e. The zero-order valence-corrected chi connectivity index (χ0v) is 16.2. The molecule has 148 valence electrons. The Morgan fingerprint density at radius 3 is 2.34 bits per heavy atom. The van der Waals surface area contributed by atoms with Crippen LogP contribution in [0.15, 0.2) is 84.0 Å². The van der Waals surface area contributed by atoms with Crippen LogP contribution >= 0.6 is 0 Å². The second kappa shape index (κ2) is 10.1. The molecule has 0 aliphatic rings. The highest BCUT2D eigenvalue weighted by molar-refractivity contribution is 5.98. The van der Waals surface area contributed by atoms with Gasteiger partial charge < -0.3 is 14.7 Å². The van der Waals surface area contributed by atoms with Crippen molar-refractivity contribution in [3.63, 3.8) is 0 Å². The number of carboxylic acids is 1. The summed E-state index contributed by atoms with van der Waals surface area (Å²) >= 11 is 0. The van der Waals surface area contributed by atoms with Gasteiger partial charge in [0.1, 0.15) is 12.4 Å². The summed E-state index contributed by atoms with van der Waals surface area (Å²) in [6.45, 7) is 2.51. The van der Waals surface area contributed by atoms with Crippen LogP contribution in [0.4, 0.5) is 0 Å². The molecular formula is C24H23NO4. The van der Waals surface area contributed by atoms with Gasteiger partial charge in [0.15, 0.2) is 6.61 Å². The Bertz CT molecular complexity index is 966. The fraction of sp³-hybridized carbons (Fsp3) is 0.167. The number of hydrogen-bond donors (Lipinski definition) is 1. The SMILES string of the molecule is C/C(=N\OCCOc1cccc(CC(=O)O)c1)c1ccc(-c2ccccc2)cc1. The Kier molecular flexibility index (Phi) is 7.00. The predicted octanol–water partition coefficient (Wildman–Crippen LogP) is 4.80. The number of ether oxygens (including phenoxy) is 1. The van der Waals surface area contributed by atoms with E-state index >= 15 is 0 Å². The summed E-state index contributed by atoms with van der Waals surface area (Å²) in [5.41, 5.74) is 4.81. The summed E-state index contributed by atoms with van der Waals surface area (Å²) in [5, 5.41) is 13.0. The molecular weight excluding hydrogens is 366 g/mol. The molecule has 0 bridgehead atoms. The van der Waals surface area contributed by atoms with E-state index in [2.05, 4.69) is 29.4 Å². The fourth-order valence-electron chi connectivity index (χ4n) is 2.85. The van der Waals surface area contributed by atoms with E-state index in [1.54, 1.807) is 24.3 Å². The van der Waals surface area contributed by atoms with Gasteiger partial charge in [0.05, 0.1) is 12.1 Å². The van der Waals surface area contributed by atoms with Crippen LogP contribution in [0.5, 0.6) is 5.75 Å². The molecule has 0 amide bonds. The smallest absolute Gasteiger partial charge is 0.307 e. The van der Waals surface area contributed by atoms with Gasteiger partial charge in [0, 0.05) is 0 Å². The van der Waals surface area contributed by atoms with E-state index in [1.807, 2.05) is 37.3 Å². The van der Waals surface area contributed by atoms with Crippen molar-refractivity contribution in [1.29, 1.82) is 0 Å². The quantitative estimate of drug-likeness (QED) is 0.324. The van der Waals surface area contributed by atoms with Crippen LogP contribution in [0, 0.1) is 0 Å². The normalized spacial score (nSPS) is 11.1. The minimum absolute atomic E-state index is 0.0275. The van der Waals surface area contributed by atoms with Crippen LogP contribution < -0.4 is 4.74 Å². The summed E-state index contributed by atoms with van der Waals surface area (Å²) in [5.74, 6) is -0.253. The molecule has 1 N–H and O–H groups in total. The number of aliphatic carboxylic acids is 1. The number of benzene rings is 3. The topological polar surface area (TPSA) is 68.1 Å². The van der Waals surface area contributed by atoms with Crippen molar-refractivity contribution in [2.45, 2.75) is 13.3 Å². The van der Waals surface area contributed by atoms with Crippen molar-refractivity contribution in [3.8, 4) is 16.9 Å². The second-order valence-electron chi connectivity index (χ2n) is 6.52. The van der Waals surface area contributed by atoms with Crippen molar-refractivity contribution < 1.29 is 19.5 Å². The third-order valence-electron chi connectivity index (χ3n) is 4.31. The van der Waals surface area contributed by atoms with Crippen LogP contribution in [0.3, 0.4) is 0 Å². The molecule has 0 fully saturated rings. The van der Waals surface area contributed by atoms with E-state index in [0.29, 0.717) is 24.5 Å². The Morgan fingerprint density at radius 1 is 0.897 bits per heavy atom. The molecule has 3 aromatic carbocycles. The first-order chi connectivity index (χ1) is 14.1. The maximum absolute atomic E-state index is 10.8. The summed E-state index contributed by atoms with van der Waals surface area (Å²) in [7, 11) is 0. The third-order valence-corrected chi connectivity index (χ3v) is 4.31. The minimum atomic E-state index is -0.868. The molecule has 0 unspecified atom stereocenters. The molecule has 5 heteroatoms. The maximum Gasteiger partial charge on any atom is 0.307 e. The van der Waals surface area contributed by atoms with Gasteiger partial charge in [-0.2, -0.15) is 0 Å². The first-order valence-corrected chi connectivity index (χ1v) is 9.38. The molecule has 0 aromatic heterocycles. The van der Waals surface area contributed by atoms with Gasteiger partial charge in [-0.15, -0.1) is 0 Å². The van der Waals surface area contributed by atoms with E-state index in [4.69, 9.17) is 14.7 Å². The van der Waals surface area contributed by atoms with Crippen molar-refractivity contribution >= 4 is 11.7 Å². The van der Waals surface area contributed by atoms with Crippen molar-refractivity contribution in [3.05, 3.63) is 90.0 Å². The van der Waals surface area contributed by atoms with Gasteiger partial charge in [0.2, 0.25) is 0 Å². The Labute approximate surface area is 170 Å². The molecule has 0 radical (unpaired) electrons.